The fourth-order valence-corrected chi connectivity index (χ4v) is 4.28. The van der Waals surface area contributed by atoms with Gasteiger partial charge in [0.2, 0.25) is 15.9 Å². The quantitative estimate of drug-likeness (QED) is 0.425. The minimum absolute atomic E-state index is 0.0469. The fourth-order valence-electron chi connectivity index (χ4n) is 2.77. The highest BCUT2D eigenvalue weighted by Crippen LogP contribution is 2.22. The molecule has 4 aromatic rings. The first-order valence-corrected chi connectivity index (χ1v) is 10.6. The molecule has 4 rings (SSSR count). The lowest BCUT2D eigenvalue weighted by atomic mass is 10.2. The molecule has 2 heterocycles. The van der Waals surface area contributed by atoms with Crippen LogP contribution in [0.15, 0.2) is 64.3 Å². The van der Waals surface area contributed by atoms with Crippen LogP contribution in [0.4, 0.5) is 0 Å². The van der Waals surface area contributed by atoms with Crippen molar-refractivity contribution < 1.29 is 12.9 Å². The second-order valence-electron chi connectivity index (χ2n) is 6.35. The standard InChI is InChI=1S/C18H16ClN7O3S/c1-13-22-18(23-29-13)11-25(30(27,28)17-8-4-15(19)5-9-17)10-14-2-6-16(7-3-14)26-21-12-20-24-26/h2-9,12H,10-11H2,1H3. The molecule has 2 aromatic carbocycles. The average Bonchev–Trinajstić information content (AvgIpc) is 3.40. The van der Waals surface area contributed by atoms with Gasteiger partial charge >= 0.3 is 0 Å². The first-order chi connectivity index (χ1) is 14.4. The van der Waals surface area contributed by atoms with Gasteiger partial charge in [-0.3, -0.25) is 0 Å². The molecular formula is C18H16ClN7O3S. The summed E-state index contributed by atoms with van der Waals surface area (Å²) in [5, 5.41) is 15.8. The van der Waals surface area contributed by atoms with Gasteiger partial charge in [-0.15, -0.1) is 15.0 Å². The second-order valence-corrected chi connectivity index (χ2v) is 8.72. The van der Waals surface area contributed by atoms with E-state index in [1.807, 2.05) is 0 Å². The molecule has 154 valence electrons. The van der Waals surface area contributed by atoms with Gasteiger partial charge in [-0.25, -0.2) is 8.42 Å². The third-order valence-corrected chi connectivity index (χ3v) is 6.27. The summed E-state index contributed by atoms with van der Waals surface area (Å²) < 4.78 is 32.8. The van der Waals surface area contributed by atoms with Crippen molar-refractivity contribution in [1.82, 2.24) is 34.7 Å². The van der Waals surface area contributed by atoms with Crippen molar-refractivity contribution in [3.05, 3.63) is 77.2 Å². The maximum absolute atomic E-state index is 13.3. The molecule has 2 aromatic heterocycles. The van der Waals surface area contributed by atoms with Crippen molar-refractivity contribution in [3.63, 3.8) is 0 Å². The maximum atomic E-state index is 13.3. The summed E-state index contributed by atoms with van der Waals surface area (Å²) >= 11 is 5.90. The molecule has 0 atom stereocenters. The summed E-state index contributed by atoms with van der Waals surface area (Å²) in [5.74, 6) is 0.631. The van der Waals surface area contributed by atoms with Crippen molar-refractivity contribution in [2.45, 2.75) is 24.9 Å². The molecule has 0 aliphatic carbocycles. The molecule has 30 heavy (non-hydrogen) atoms. The van der Waals surface area contributed by atoms with Gasteiger partial charge in [0.15, 0.2) is 12.2 Å². The molecule has 0 aliphatic heterocycles. The highest BCUT2D eigenvalue weighted by Gasteiger charge is 2.26. The molecule has 12 heteroatoms. The minimum atomic E-state index is -3.85. The Hall–Kier alpha value is -3.15. The highest BCUT2D eigenvalue weighted by atomic mass is 35.5. The Morgan fingerprint density at radius 1 is 1.07 bits per heavy atom. The summed E-state index contributed by atoms with van der Waals surface area (Å²) in [6, 6.07) is 13.1. The van der Waals surface area contributed by atoms with E-state index in [0.717, 1.165) is 5.56 Å². The van der Waals surface area contributed by atoms with Crippen molar-refractivity contribution in [2.75, 3.05) is 0 Å². The summed E-state index contributed by atoms with van der Waals surface area (Å²) in [6.45, 7) is 1.70. The Morgan fingerprint density at radius 2 is 1.80 bits per heavy atom. The van der Waals surface area contributed by atoms with Crippen LogP contribution in [0, 0.1) is 6.92 Å². The van der Waals surface area contributed by atoms with Gasteiger partial charge in [-0.05, 0) is 47.2 Å². The molecular weight excluding hydrogens is 430 g/mol. The fraction of sp³-hybridized carbons (Fsp3) is 0.167. The Balaban J connectivity index is 1.64. The third kappa shape index (κ3) is 4.37. The monoisotopic (exact) mass is 445 g/mol. The van der Waals surface area contributed by atoms with E-state index in [2.05, 4.69) is 25.6 Å². The van der Waals surface area contributed by atoms with E-state index in [0.29, 0.717) is 16.6 Å². The van der Waals surface area contributed by atoms with E-state index in [9.17, 15) is 8.42 Å². The van der Waals surface area contributed by atoms with Crippen LogP contribution in [0.1, 0.15) is 17.3 Å². The predicted octanol–water partition coefficient (Wildman–Crippen LogP) is 2.40. The van der Waals surface area contributed by atoms with Crippen LogP contribution in [-0.2, 0) is 23.1 Å². The molecule has 0 bridgehead atoms. The third-order valence-electron chi connectivity index (χ3n) is 4.21. The second kappa shape index (κ2) is 8.30. The number of hydrogen-bond acceptors (Lipinski definition) is 8. The van der Waals surface area contributed by atoms with Gasteiger partial charge in [0, 0.05) is 18.5 Å². The van der Waals surface area contributed by atoms with Crippen LogP contribution in [0.3, 0.4) is 0 Å². The summed E-state index contributed by atoms with van der Waals surface area (Å²) in [6.07, 6.45) is 1.33. The number of benzene rings is 2. The summed E-state index contributed by atoms with van der Waals surface area (Å²) in [7, 11) is -3.85. The van der Waals surface area contributed by atoms with Crippen LogP contribution < -0.4 is 0 Å². The average molecular weight is 446 g/mol. The normalized spacial score (nSPS) is 11.8. The molecule has 0 aliphatic rings. The Kier molecular flexibility index (Phi) is 5.57. The molecule has 0 N–H and O–H groups in total. The summed E-state index contributed by atoms with van der Waals surface area (Å²) in [5.41, 5.74) is 1.47. The number of aryl methyl sites for hydroxylation is 1. The zero-order chi connectivity index (χ0) is 21.1. The molecule has 0 spiro atoms. The van der Waals surface area contributed by atoms with Crippen molar-refractivity contribution in [1.29, 1.82) is 0 Å². The van der Waals surface area contributed by atoms with E-state index >= 15 is 0 Å². The Labute approximate surface area is 177 Å². The first-order valence-electron chi connectivity index (χ1n) is 8.79. The molecule has 0 unspecified atom stereocenters. The van der Waals surface area contributed by atoms with Crippen LogP contribution in [0.5, 0.6) is 0 Å². The van der Waals surface area contributed by atoms with Crippen molar-refractivity contribution in [2.24, 2.45) is 0 Å². The minimum Gasteiger partial charge on any atom is -0.340 e. The first kappa shape index (κ1) is 20.1. The van der Waals surface area contributed by atoms with Gasteiger partial charge in [-0.1, -0.05) is 28.9 Å². The summed E-state index contributed by atoms with van der Waals surface area (Å²) in [4.78, 5) is 5.62. The number of halogens is 1. The smallest absolute Gasteiger partial charge is 0.243 e. The molecule has 0 radical (unpaired) electrons. The lowest BCUT2D eigenvalue weighted by Gasteiger charge is -2.21. The van der Waals surface area contributed by atoms with Gasteiger partial charge < -0.3 is 4.52 Å². The molecule has 0 saturated heterocycles. The van der Waals surface area contributed by atoms with Gasteiger partial charge in [0.05, 0.1) is 17.1 Å². The number of nitrogens with zero attached hydrogens (tertiary/aromatic N) is 7. The van der Waals surface area contributed by atoms with Gasteiger partial charge in [-0.2, -0.15) is 9.29 Å². The van der Waals surface area contributed by atoms with Gasteiger partial charge in [0.1, 0.15) is 0 Å². The lowest BCUT2D eigenvalue weighted by molar-refractivity contribution is 0.360. The van der Waals surface area contributed by atoms with Crippen LogP contribution >= 0.6 is 11.6 Å². The highest BCUT2D eigenvalue weighted by molar-refractivity contribution is 7.89. The maximum Gasteiger partial charge on any atom is 0.243 e. The van der Waals surface area contributed by atoms with Crippen LogP contribution in [-0.4, -0.2) is 43.1 Å². The lowest BCUT2D eigenvalue weighted by Crippen LogP contribution is -2.30. The Morgan fingerprint density at radius 3 is 2.40 bits per heavy atom. The number of sulfonamides is 1. The largest absolute Gasteiger partial charge is 0.340 e. The topological polar surface area (TPSA) is 120 Å². The molecule has 0 amide bonds. The van der Waals surface area contributed by atoms with Crippen LogP contribution in [0.2, 0.25) is 5.02 Å². The number of tetrazole rings is 1. The molecule has 10 nitrogen and oxygen atoms in total. The van der Waals surface area contributed by atoms with E-state index in [1.165, 1.54) is 39.7 Å². The van der Waals surface area contributed by atoms with Crippen LogP contribution in [0.25, 0.3) is 5.69 Å². The zero-order valence-electron chi connectivity index (χ0n) is 15.8. The van der Waals surface area contributed by atoms with E-state index in [1.54, 1.807) is 31.2 Å². The predicted molar refractivity (Wildman–Crippen MR) is 106 cm³/mol. The number of hydrogen-bond donors (Lipinski definition) is 0. The van der Waals surface area contributed by atoms with E-state index in [-0.39, 0.29) is 23.8 Å². The SMILES string of the molecule is Cc1nc(CN(Cc2ccc(-n3ncnn3)cc2)S(=O)(=O)c2ccc(Cl)cc2)no1. The van der Waals surface area contributed by atoms with Crippen molar-refractivity contribution >= 4 is 21.6 Å². The molecule has 0 saturated carbocycles. The zero-order valence-corrected chi connectivity index (χ0v) is 17.3. The molecule has 0 fully saturated rings. The van der Waals surface area contributed by atoms with E-state index < -0.39 is 10.0 Å². The Bertz CT molecular complexity index is 1220. The van der Waals surface area contributed by atoms with Crippen molar-refractivity contribution in [3.8, 4) is 5.69 Å². The number of aromatic nitrogens is 6. The van der Waals surface area contributed by atoms with E-state index in [4.69, 9.17) is 16.1 Å². The number of rotatable bonds is 7. The van der Waals surface area contributed by atoms with Gasteiger partial charge in [0.25, 0.3) is 0 Å².